The first-order valence-electron chi connectivity index (χ1n) is 7.82. The molecule has 2 aromatic heterocycles. The molecule has 3 heterocycles. The summed E-state index contributed by atoms with van der Waals surface area (Å²) in [6.45, 7) is 2.45. The van der Waals surface area contributed by atoms with Crippen molar-refractivity contribution in [1.82, 2.24) is 14.9 Å². The van der Waals surface area contributed by atoms with Gasteiger partial charge in [-0.2, -0.15) is 0 Å². The summed E-state index contributed by atoms with van der Waals surface area (Å²) in [6.07, 6.45) is 0.797. The van der Waals surface area contributed by atoms with Crippen molar-refractivity contribution in [1.29, 1.82) is 0 Å². The predicted octanol–water partition coefficient (Wildman–Crippen LogP) is 3.71. The third-order valence-corrected chi connectivity index (χ3v) is 5.34. The summed E-state index contributed by atoms with van der Waals surface area (Å²) < 4.78 is 0. The van der Waals surface area contributed by atoms with E-state index in [2.05, 4.69) is 32.4 Å². The van der Waals surface area contributed by atoms with E-state index in [0.29, 0.717) is 17.4 Å². The third-order valence-electron chi connectivity index (χ3n) is 4.22. The Balaban J connectivity index is 1.61. The molecule has 0 aliphatic carbocycles. The monoisotopic (exact) mass is 357 g/mol. The number of thiophene rings is 1. The maximum atomic E-state index is 12.5. The summed E-state index contributed by atoms with van der Waals surface area (Å²) in [7, 11) is 0. The molecule has 0 radical (unpaired) electrons. The number of benzene rings is 1. The molecule has 1 aliphatic rings. The summed E-state index contributed by atoms with van der Waals surface area (Å²) in [5, 5.41) is 2.75. The summed E-state index contributed by atoms with van der Waals surface area (Å²) in [5.74, 6) is 0.613. The van der Waals surface area contributed by atoms with E-state index < -0.39 is 0 Å². The normalized spacial score (nSPS) is 14.5. The fourth-order valence-corrected chi connectivity index (χ4v) is 3.86. The van der Waals surface area contributed by atoms with Crippen LogP contribution in [0.4, 0.5) is 0 Å². The van der Waals surface area contributed by atoms with Gasteiger partial charge in [-0.1, -0.05) is 17.7 Å². The quantitative estimate of drug-likeness (QED) is 0.777. The van der Waals surface area contributed by atoms with Crippen molar-refractivity contribution in [2.45, 2.75) is 19.5 Å². The lowest BCUT2D eigenvalue weighted by Crippen LogP contribution is -2.35. The average Bonchev–Trinajstić information content (AvgIpc) is 3.09. The van der Waals surface area contributed by atoms with E-state index in [1.54, 1.807) is 23.5 Å². The van der Waals surface area contributed by atoms with Crippen LogP contribution in [0.3, 0.4) is 0 Å². The number of aromatic amines is 1. The Hall–Kier alpha value is -1.95. The smallest absolute Gasteiger partial charge is 0.255 e. The van der Waals surface area contributed by atoms with E-state index in [-0.39, 0.29) is 5.56 Å². The van der Waals surface area contributed by atoms with Crippen LogP contribution in [0.2, 0.25) is 5.02 Å². The van der Waals surface area contributed by atoms with Crippen LogP contribution < -0.4 is 5.56 Å². The van der Waals surface area contributed by atoms with Crippen LogP contribution in [0, 0.1) is 0 Å². The van der Waals surface area contributed by atoms with Gasteiger partial charge in [-0.3, -0.25) is 9.69 Å². The first-order valence-corrected chi connectivity index (χ1v) is 9.07. The zero-order valence-electron chi connectivity index (χ0n) is 13.0. The van der Waals surface area contributed by atoms with Crippen LogP contribution >= 0.6 is 22.9 Å². The van der Waals surface area contributed by atoms with Gasteiger partial charge in [0.05, 0.1) is 11.3 Å². The second-order valence-corrected chi connectivity index (χ2v) is 7.36. The van der Waals surface area contributed by atoms with Gasteiger partial charge >= 0.3 is 0 Å². The molecule has 0 saturated heterocycles. The lowest BCUT2D eigenvalue weighted by molar-refractivity contribution is 0.244. The number of rotatable bonds is 3. The van der Waals surface area contributed by atoms with Crippen molar-refractivity contribution in [2.24, 2.45) is 0 Å². The van der Waals surface area contributed by atoms with Crippen molar-refractivity contribution in [3.63, 3.8) is 0 Å². The summed E-state index contributed by atoms with van der Waals surface area (Å²) >= 11 is 7.67. The minimum absolute atomic E-state index is 0.0409. The molecule has 0 atom stereocenters. The molecule has 3 aromatic rings. The first-order chi connectivity index (χ1) is 11.7. The third kappa shape index (κ3) is 3.15. The van der Waals surface area contributed by atoms with Crippen molar-refractivity contribution in [3.8, 4) is 11.4 Å². The van der Waals surface area contributed by atoms with E-state index in [9.17, 15) is 4.79 Å². The van der Waals surface area contributed by atoms with Crippen molar-refractivity contribution >= 4 is 22.9 Å². The molecule has 0 spiro atoms. The molecular formula is C18H16ClN3OS. The van der Waals surface area contributed by atoms with Gasteiger partial charge < -0.3 is 4.98 Å². The molecule has 4 nitrogen and oxygen atoms in total. The molecule has 6 heteroatoms. The van der Waals surface area contributed by atoms with Gasteiger partial charge in [-0.25, -0.2) is 4.98 Å². The highest BCUT2D eigenvalue weighted by Gasteiger charge is 2.21. The fourth-order valence-electron chi connectivity index (χ4n) is 2.98. The Morgan fingerprint density at radius 2 is 2.08 bits per heavy atom. The van der Waals surface area contributed by atoms with E-state index in [1.807, 2.05) is 12.1 Å². The zero-order chi connectivity index (χ0) is 16.5. The van der Waals surface area contributed by atoms with Crippen LogP contribution in [-0.2, 0) is 19.5 Å². The summed E-state index contributed by atoms with van der Waals surface area (Å²) in [5.41, 5.74) is 2.53. The summed E-state index contributed by atoms with van der Waals surface area (Å²) in [4.78, 5) is 23.7. The number of halogens is 1. The molecule has 1 aliphatic heterocycles. The fraction of sp³-hybridized carbons (Fsp3) is 0.222. The maximum absolute atomic E-state index is 12.5. The number of hydrogen-bond acceptors (Lipinski definition) is 4. The molecule has 0 bridgehead atoms. The predicted molar refractivity (Wildman–Crippen MR) is 97.4 cm³/mol. The Morgan fingerprint density at radius 1 is 1.25 bits per heavy atom. The van der Waals surface area contributed by atoms with Crippen molar-refractivity contribution in [3.05, 3.63) is 73.3 Å². The average molecular weight is 358 g/mol. The van der Waals surface area contributed by atoms with Crippen LogP contribution in [0.15, 0.2) is 46.6 Å². The van der Waals surface area contributed by atoms with Gasteiger partial charge in [0.2, 0.25) is 0 Å². The number of aromatic nitrogens is 2. The topological polar surface area (TPSA) is 49.0 Å². The molecule has 1 aromatic carbocycles. The molecule has 0 fully saturated rings. The Kier molecular flexibility index (Phi) is 4.22. The largest absolute Gasteiger partial charge is 0.306 e. The van der Waals surface area contributed by atoms with E-state index >= 15 is 0 Å². The zero-order valence-corrected chi connectivity index (χ0v) is 14.5. The number of hydrogen-bond donors (Lipinski definition) is 1. The number of nitrogens with zero attached hydrogens (tertiary/aromatic N) is 2. The van der Waals surface area contributed by atoms with Crippen LogP contribution in [0.25, 0.3) is 11.4 Å². The molecule has 122 valence electrons. The van der Waals surface area contributed by atoms with Crippen LogP contribution in [0.1, 0.15) is 16.1 Å². The molecule has 24 heavy (non-hydrogen) atoms. The second-order valence-electron chi connectivity index (χ2n) is 5.89. The Labute approximate surface area is 148 Å². The minimum Gasteiger partial charge on any atom is -0.306 e. The first kappa shape index (κ1) is 15.6. The number of H-pyrrole nitrogens is 1. The second kappa shape index (κ2) is 6.51. The van der Waals surface area contributed by atoms with Gasteiger partial charge in [0.25, 0.3) is 5.56 Å². The SMILES string of the molecule is O=c1[nH]c(-c2ccc(Cl)cc2)nc2c1CN(Cc1cccs1)CC2. The van der Waals surface area contributed by atoms with Gasteiger partial charge in [0.1, 0.15) is 5.82 Å². The van der Waals surface area contributed by atoms with Gasteiger partial charge in [0.15, 0.2) is 0 Å². The van der Waals surface area contributed by atoms with E-state index in [1.165, 1.54) is 4.88 Å². The number of nitrogens with one attached hydrogen (secondary N) is 1. The number of fused-ring (bicyclic) bond motifs is 1. The minimum atomic E-state index is -0.0409. The van der Waals surface area contributed by atoms with Gasteiger partial charge in [0, 0.05) is 41.5 Å². The molecule has 4 rings (SSSR count). The lowest BCUT2D eigenvalue weighted by Gasteiger charge is -2.27. The highest BCUT2D eigenvalue weighted by atomic mass is 35.5. The lowest BCUT2D eigenvalue weighted by atomic mass is 10.1. The van der Waals surface area contributed by atoms with Gasteiger partial charge in [-0.15, -0.1) is 11.3 Å². The van der Waals surface area contributed by atoms with Gasteiger partial charge in [-0.05, 0) is 35.7 Å². The molecule has 0 unspecified atom stereocenters. The standard InChI is InChI=1S/C18H16ClN3OS/c19-13-5-3-12(4-6-13)17-20-16-7-8-22(10-14-2-1-9-24-14)11-15(16)18(23)21-17/h1-6,9H,7-8,10-11H2,(H,20,21,23). The maximum Gasteiger partial charge on any atom is 0.255 e. The Bertz CT molecular complexity index is 903. The highest BCUT2D eigenvalue weighted by Crippen LogP contribution is 2.22. The molecule has 1 N–H and O–H groups in total. The highest BCUT2D eigenvalue weighted by molar-refractivity contribution is 7.09. The molecule has 0 saturated carbocycles. The van der Waals surface area contributed by atoms with Crippen molar-refractivity contribution < 1.29 is 0 Å². The summed E-state index contributed by atoms with van der Waals surface area (Å²) in [6, 6.07) is 11.5. The Morgan fingerprint density at radius 3 is 2.83 bits per heavy atom. The van der Waals surface area contributed by atoms with Crippen LogP contribution in [0.5, 0.6) is 0 Å². The molecular weight excluding hydrogens is 342 g/mol. The van der Waals surface area contributed by atoms with Crippen LogP contribution in [-0.4, -0.2) is 21.4 Å². The van der Waals surface area contributed by atoms with Crippen molar-refractivity contribution in [2.75, 3.05) is 6.54 Å². The van der Waals surface area contributed by atoms with E-state index in [4.69, 9.17) is 11.6 Å². The van der Waals surface area contributed by atoms with E-state index in [0.717, 1.165) is 36.3 Å². The molecule has 0 amide bonds.